The van der Waals surface area contributed by atoms with E-state index < -0.39 is 5.60 Å². The highest BCUT2D eigenvalue weighted by atomic mass is 32.1. The van der Waals surface area contributed by atoms with Crippen LogP contribution in [0.1, 0.15) is 24.8 Å². The molecule has 102 valence electrons. The smallest absolute Gasteiger partial charge is 0.236 e. The van der Waals surface area contributed by atoms with Crippen LogP contribution < -0.4 is 0 Å². The minimum absolute atomic E-state index is 0.561. The first-order chi connectivity index (χ1) is 9.03. The summed E-state index contributed by atoms with van der Waals surface area (Å²) in [5.41, 5.74) is 0.412. The van der Waals surface area contributed by atoms with Crippen molar-refractivity contribution < 1.29 is 9.52 Å². The van der Waals surface area contributed by atoms with Gasteiger partial charge in [0.2, 0.25) is 5.89 Å². The van der Waals surface area contributed by atoms with Crippen LogP contribution in [-0.2, 0) is 6.54 Å². The molecule has 0 bridgehead atoms. The van der Waals surface area contributed by atoms with E-state index in [4.69, 9.17) is 4.42 Å². The van der Waals surface area contributed by atoms with E-state index in [9.17, 15) is 5.11 Å². The minimum Gasteiger partial charge on any atom is -0.440 e. The molecule has 1 unspecified atom stereocenters. The van der Waals surface area contributed by atoms with Gasteiger partial charge in [-0.3, -0.25) is 4.90 Å². The largest absolute Gasteiger partial charge is 0.440 e. The van der Waals surface area contributed by atoms with Crippen molar-refractivity contribution >= 4 is 11.3 Å². The first-order valence-corrected chi connectivity index (χ1v) is 7.36. The maximum absolute atomic E-state index is 9.98. The Labute approximate surface area is 116 Å². The van der Waals surface area contributed by atoms with Crippen LogP contribution in [0.5, 0.6) is 0 Å². The summed E-state index contributed by atoms with van der Waals surface area (Å²) in [5.74, 6) is 1.57. The molecule has 0 saturated carbocycles. The third-order valence-corrected chi connectivity index (χ3v) is 4.39. The summed E-state index contributed by atoms with van der Waals surface area (Å²) >= 11 is 1.63. The van der Waals surface area contributed by atoms with Gasteiger partial charge in [-0.15, -0.1) is 11.3 Å². The predicted octanol–water partition coefficient (Wildman–Crippen LogP) is 2.67. The first-order valence-electron chi connectivity index (χ1n) is 6.48. The molecule has 3 heterocycles. The Bertz CT molecular complexity index is 560. The Balaban J connectivity index is 1.75. The molecule has 1 saturated heterocycles. The van der Waals surface area contributed by atoms with Gasteiger partial charge in [-0.1, -0.05) is 6.07 Å². The second kappa shape index (κ2) is 4.74. The lowest BCUT2D eigenvalue weighted by molar-refractivity contribution is 0.0677. The Morgan fingerprint density at radius 1 is 1.58 bits per heavy atom. The monoisotopic (exact) mass is 278 g/mol. The highest BCUT2D eigenvalue weighted by Gasteiger charge is 2.31. The van der Waals surface area contributed by atoms with E-state index in [0.29, 0.717) is 12.4 Å². The summed E-state index contributed by atoms with van der Waals surface area (Å²) in [5, 5.41) is 12.0. The van der Waals surface area contributed by atoms with Gasteiger partial charge in [0.25, 0.3) is 0 Å². The van der Waals surface area contributed by atoms with Crippen molar-refractivity contribution in [2.45, 2.75) is 32.4 Å². The summed E-state index contributed by atoms with van der Waals surface area (Å²) in [6, 6.07) is 4.01. The molecule has 2 aromatic rings. The second-order valence-corrected chi connectivity index (χ2v) is 6.40. The maximum Gasteiger partial charge on any atom is 0.236 e. The summed E-state index contributed by atoms with van der Waals surface area (Å²) in [6.07, 6.45) is 0.821. The molecule has 1 fully saturated rings. The van der Waals surface area contributed by atoms with Gasteiger partial charge in [-0.25, -0.2) is 4.98 Å². The number of β-amino-alcohol motifs (C(OH)–C–C–N with tert-alkyl or cyclic N) is 1. The fraction of sp³-hybridized carbons (Fsp3) is 0.500. The van der Waals surface area contributed by atoms with Gasteiger partial charge in [0.05, 0.1) is 16.2 Å². The predicted molar refractivity (Wildman–Crippen MR) is 75.1 cm³/mol. The number of aryl methyl sites for hydroxylation is 1. The SMILES string of the molecule is Cc1oc(-c2cccs2)nc1CN1CCC(C)(O)C1. The van der Waals surface area contributed by atoms with Crippen LogP contribution in [0.25, 0.3) is 10.8 Å². The zero-order valence-electron chi connectivity index (χ0n) is 11.2. The Morgan fingerprint density at radius 3 is 3.05 bits per heavy atom. The number of thiophene rings is 1. The molecule has 1 atom stereocenters. The summed E-state index contributed by atoms with van der Waals surface area (Å²) in [7, 11) is 0. The molecular weight excluding hydrogens is 260 g/mol. The summed E-state index contributed by atoms with van der Waals surface area (Å²) in [4.78, 5) is 7.87. The van der Waals surface area contributed by atoms with Crippen molar-refractivity contribution in [2.24, 2.45) is 0 Å². The number of hydrogen-bond donors (Lipinski definition) is 1. The Kier molecular flexibility index (Phi) is 3.20. The molecule has 1 aliphatic rings. The van der Waals surface area contributed by atoms with Gasteiger partial charge < -0.3 is 9.52 Å². The standard InChI is InChI=1S/C14H18N2O2S/c1-10-11(8-16-6-5-14(2,17)9-16)15-13(18-10)12-4-3-7-19-12/h3-4,7,17H,5-6,8-9H2,1-2H3. The van der Waals surface area contributed by atoms with E-state index in [0.717, 1.165) is 35.8 Å². The molecule has 19 heavy (non-hydrogen) atoms. The lowest BCUT2D eigenvalue weighted by Gasteiger charge is -2.17. The second-order valence-electron chi connectivity index (χ2n) is 5.46. The lowest BCUT2D eigenvalue weighted by atomic mass is 10.1. The highest BCUT2D eigenvalue weighted by molar-refractivity contribution is 7.13. The van der Waals surface area contributed by atoms with E-state index >= 15 is 0 Å². The number of aromatic nitrogens is 1. The van der Waals surface area contributed by atoms with Crippen LogP contribution in [0.2, 0.25) is 0 Å². The van der Waals surface area contributed by atoms with Crippen molar-refractivity contribution in [3.05, 3.63) is 29.0 Å². The average Bonchev–Trinajstić information content (AvgIpc) is 3.01. The zero-order chi connectivity index (χ0) is 13.5. The first kappa shape index (κ1) is 12.8. The normalized spacial score (nSPS) is 24.2. The highest BCUT2D eigenvalue weighted by Crippen LogP contribution is 2.28. The summed E-state index contributed by atoms with van der Waals surface area (Å²) < 4.78 is 5.73. The molecule has 3 rings (SSSR count). The molecule has 2 aromatic heterocycles. The lowest BCUT2D eigenvalue weighted by Crippen LogP contribution is -2.29. The molecule has 0 amide bonds. The Hall–Kier alpha value is -1.17. The van der Waals surface area contributed by atoms with E-state index in [2.05, 4.69) is 9.88 Å². The van der Waals surface area contributed by atoms with Gasteiger partial charge in [0.1, 0.15) is 5.76 Å². The van der Waals surface area contributed by atoms with Gasteiger partial charge in [0.15, 0.2) is 0 Å². The molecule has 1 aliphatic heterocycles. The Morgan fingerprint density at radius 2 is 2.42 bits per heavy atom. The fourth-order valence-electron chi connectivity index (χ4n) is 2.47. The van der Waals surface area contributed by atoms with Crippen LogP contribution in [0.15, 0.2) is 21.9 Å². The van der Waals surface area contributed by atoms with Crippen molar-refractivity contribution in [1.82, 2.24) is 9.88 Å². The average molecular weight is 278 g/mol. The van der Waals surface area contributed by atoms with Gasteiger partial charge in [0, 0.05) is 19.6 Å². The van der Waals surface area contributed by atoms with E-state index in [1.54, 1.807) is 11.3 Å². The van der Waals surface area contributed by atoms with E-state index in [-0.39, 0.29) is 0 Å². The number of rotatable bonds is 3. The molecule has 0 radical (unpaired) electrons. The van der Waals surface area contributed by atoms with Crippen LogP contribution in [0, 0.1) is 6.92 Å². The third-order valence-electron chi connectivity index (χ3n) is 3.53. The van der Waals surface area contributed by atoms with Gasteiger partial charge >= 0.3 is 0 Å². The van der Waals surface area contributed by atoms with Gasteiger partial charge in [-0.2, -0.15) is 0 Å². The summed E-state index contributed by atoms with van der Waals surface area (Å²) in [6.45, 7) is 6.20. The number of oxazole rings is 1. The topological polar surface area (TPSA) is 49.5 Å². The fourth-order valence-corrected chi connectivity index (χ4v) is 3.11. The molecular formula is C14H18N2O2S. The van der Waals surface area contributed by atoms with E-state index in [1.165, 1.54) is 0 Å². The molecule has 4 nitrogen and oxygen atoms in total. The van der Waals surface area contributed by atoms with E-state index in [1.807, 2.05) is 31.4 Å². The third kappa shape index (κ3) is 2.73. The zero-order valence-corrected chi connectivity index (χ0v) is 12.0. The number of hydrogen-bond acceptors (Lipinski definition) is 5. The minimum atomic E-state index is -0.561. The van der Waals surface area contributed by atoms with Crippen molar-refractivity contribution in [3.8, 4) is 10.8 Å². The number of nitrogens with zero attached hydrogens (tertiary/aromatic N) is 2. The van der Waals surface area contributed by atoms with Gasteiger partial charge in [-0.05, 0) is 31.7 Å². The van der Waals surface area contributed by atoms with Crippen molar-refractivity contribution in [1.29, 1.82) is 0 Å². The van der Waals surface area contributed by atoms with Crippen LogP contribution in [0.3, 0.4) is 0 Å². The van der Waals surface area contributed by atoms with Crippen LogP contribution in [0.4, 0.5) is 0 Å². The van der Waals surface area contributed by atoms with Crippen LogP contribution >= 0.6 is 11.3 Å². The van der Waals surface area contributed by atoms with Crippen LogP contribution in [-0.4, -0.2) is 33.7 Å². The molecule has 0 aromatic carbocycles. The van der Waals surface area contributed by atoms with Crippen molar-refractivity contribution in [2.75, 3.05) is 13.1 Å². The molecule has 0 spiro atoms. The number of aliphatic hydroxyl groups is 1. The maximum atomic E-state index is 9.98. The molecule has 0 aliphatic carbocycles. The quantitative estimate of drug-likeness (QED) is 0.937. The molecule has 5 heteroatoms. The number of likely N-dealkylation sites (tertiary alicyclic amines) is 1. The molecule has 1 N–H and O–H groups in total. The van der Waals surface area contributed by atoms with Crippen molar-refractivity contribution in [3.63, 3.8) is 0 Å².